The van der Waals surface area contributed by atoms with Crippen LogP contribution in [0.1, 0.15) is 10.4 Å². The molecule has 3 aromatic rings. The van der Waals surface area contributed by atoms with Crippen LogP contribution in [-0.4, -0.2) is 37.2 Å². The average Bonchev–Trinajstić information content (AvgIpc) is 2.70. The zero-order valence-electron chi connectivity index (χ0n) is 15.2. The van der Waals surface area contributed by atoms with Crippen LogP contribution in [0, 0.1) is 17.5 Å². The Balaban J connectivity index is 1.89. The molecule has 6 nitrogen and oxygen atoms in total. The molecule has 0 bridgehead atoms. The lowest BCUT2D eigenvalue weighted by Gasteiger charge is -2.29. The van der Waals surface area contributed by atoms with Crippen molar-refractivity contribution in [1.82, 2.24) is 4.98 Å². The van der Waals surface area contributed by atoms with E-state index in [1.807, 2.05) is 4.90 Å². The number of nitrogens with one attached hydrogen (secondary N) is 1. The van der Waals surface area contributed by atoms with Crippen molar-refractivity contribution in [3.8, 4) is 0 Å². The van der Waals surface area contributed by atoms with Crippen molar-refractivity contribution in [2.45, 2.75) is 0 Å². The van der Waals surface area contributed by atoms with Crippen molar-refractivity contribution < 1.29 is 22.7 Å². The maximum atomic E-state index is 14.7. The highest BCUT2D eigenvalue weighted by molar-refractivity contribution is 6.08. The van der Waals surface area contributed by atoms with Crippen molar-refractivity contribution in [2.75, 3.05) is 36.5 Å². The third-order valence-electron chi connectivity index (χ3n) is 4.74. The molecule has 0 unspecified atom stereocenters. The molecule has 1 aliphatic heterocycles. The number of fused-ring (bicyclic) bond motifs is 1. The fraction of sp³-hybridized carbons (Fsp3) is 0.200. The van der Waals surface area contributed by atoms with Gasteiger partial charge in [-0.2, -0.15) is 0 Å². The van der Waals surface area contributed by atoms with Crippen molar-refractivity contribution >= 4 is 33.9 Å². The number of benzene rings is 2. The average molecular weight is 402 g/mol. The lowest BCUT2D eigenvalue weighted by Crippen LogP contribution is -2.36. The number of ether oxygens (including phenoxy) is 1. The fourth-order valence-electron chi connectivity index (χ4n) is 3.30. The van der Waals surface area contributed by atoms with E-state index in [9.17, 15) is 18.0 Å². The number of amides is 1. The van der Waals surface area contributed by atoms with Crippen LogP contribution in [0.5, 0.6) is 0 Å². The zero-order valence-corrected chi connectivity index (χ0v) is 15.2. The van der Waals surface area contributed by atoms with Crippen LogP contribution in [0.15, 0.2) is 36.5 Å². The summed E-state index contributed by atoms with van der Waals surface area (Å²) in [5.41, 5.74) is 6.14. The molecule has 1 aliphatic rings. The van der Waals surface area contributed by atoms with Gasteiger partial charge in [-0.1, -0.05) is 0 Å². The summed E-state index contributed by atoms with van der Waals surface area (Å²) in [6.07, 6.45) is 1.20. The highest BCUT2D eigenvalue weighted by atomic mass is 19.1. The van der Waals surface area contributed by atoms with E-state index in [1.54, 1.807) is 6.07 Å². The number of halogens is 3. The van der Waals surface area contributed by atoms with Gasteiger partial charge in [-0.15, -0.1) is 0 Å². The van der Waals surface area contributed by atoms with E-state index in [0.29, 0.717) is 43.4 Å². The second-order valence-corrected chi connectivity index (χ2v) is 6.58. The highest BCUT2D eigenvalue weighted by Gasteiger charge is 2.20. The van der Waals surface area contributed by atoms with Gasteiger partial charge in [-0.25, -0.2) is 13.2 Å². The summed E-state index contributed by atoms with van der Waals surface area (Å²) < 4.78 is 47.4. The number of hydrogen-bond donors (Lipinski definition) is 2. The Morgan fingerprint density at radius 2 is 1.86 bits per heavy atom. The van der Waals surface area contributed by atoms with E-state index < -0.39 is 23.4 Å². The Kier molecular flexibility index (Phi) is 4.98. The standard InChI is InChI=1S/C20H17F3N4O2/c21-11-1-2-16(14(22)7-11)26-19-12-8-18(27-3-5-29-6-4-27)15(23)9-17(12)25-10-13(19)20(24)28/h1-2,7-10H,3-6H2,(H2,24,28)(H,25,26). The van der Waals surface area contributed by atoms with E-state index in [-0.39, 0.29) is 22.5 Å². The molecule has 0 spiro atoms. The summed E-state index contributed by atoms with van der Waals surface area (Å²) in [5, 5.41) is 3.18. The molecular weight excluding hydrogens is 385 g/mol. The molecule has 3 N–H and O–H groups in total. The molecule has 1 saturated heterocycles. The van der Waals surface area contributed by atoms with Gasteiger partial charge in [0.1, 0.15) is 17.5 Å². The molecule has 2 heterocycles. The van der Waals surface area contributed by atoms with E-state index in [1.165, 1.54) is 18.3 Å². The zero-order chi connectivity index (χ0) is 20.5. The summed E-state index contributed by atoms with van der Waals surface area (Å²) in [4.78, 5) is 17.9. The van der Waals surface area contributed by atoms with Gasteiger partial charge in [-0.3, -0.25) is 9.78 Å². The molecule has 29 heavy (non-hydrogen) atoms. The normalized spacial score (nSPS) is 14.2. The van der Waals surface area contributed by atoms with Crippen LogP contribution in [0.4, 0.5) is 30.2 Å². The smallest absolute Gasteiger partial charge is 0.252 e. The Morgan fingerprint density at radius 3 is 2.55 bits per heavy atom. The first-order valence-electron chi connectivity index (χ1n) is 8.91. The van der Waals surface area contributed by atoms with Crippen LogP contribution in [0.3, 0.4) is 0 Å². The maximum Gasteiger partial charge on any atom is 0.252 e. The van der Waals surface area contributed by atoms with Gasteiger partial charge >= 0.3 is 0 Å². The monoisotopic (exact) mass is 402 g/mol. The Morgan fingerprint density at radius 1 is 1.10 bits per heavy atom. The Labute approximate surface area is 164 Å². The number of nitrogens with two attached hydrogens (primary N) is 1. The summed E-state index contributed by atoms with van der Waals surface area (Å²) in [6, 6.07) is 5.79. The molecule has 9 heteroatoms. The minimum absolute atomic E-state index is 0.000704. The molecule has 4 rings (SSSR count). The second kappa shape index (κ2) is 7.59. The molecule has 0 saturated carbocycles. The molecule has 150 valence electrons. The topological polar surface area (TPSA) is 80.5 Å². The molecule has 2 aromatic carbocycles. The number of aromatic nitrogens is 1. The molecule has 0 radical (unpaired) electrons. The molecular formula is C20H17F3N4O2. The predicted molar refractivity (Wildman–Crippen MR) is 103 cm³/mol. The second-order valence-electron chi connectivity index (χ2n) is 6.58. The number of pyridine rings is 1. The van der Waals surface area contributed by atoms with Gasteiger partial charge in [0.05, 0.1) is 41.4 Å². The number of hydrogen-bond acceptors (Lipinski definition) is 5. The first-order chi connectivity index (χ1) is 13.9. The minimum Gasteiger partial charge on any atom is -0.378 e. The van der Waals surface area contributed by atoms with Gasteiger partial charge in [0, 0.05) is 36.8 Å². The number of nitrogens with zero attached hydrogens (tertiary/aromatic N) is 2. The summed E-state index contributed by atoms with van der Waals surface area (Å²) >= 11 is 0. The Hall–Kier alpha value is -3.33. The quantitative estimate of drug-likeness (QED) is 0.700. The fourth-order valence-corrected chi connectivity index (χ4v) is 3.30. The predicted octanol–water partition coefficient (Wildman–Crippen LogP) is 3.33. The first-order valence-corrected chi connectivity index (χ1v) is 8.91. The van der Waals surface area contributed by atoms with Gasteiger partial charge < -0.3 is 20.7 Å². The third kappa shape index (κ3) is 3.68. The van der Waals surface area contributed by atoms with Crippen LogP contribution < -0.4 is 16.0 Å². The molecule has 0 atom stereocenters. The molecule has 1 amide bonds. The Bertz CT molecular complexity index is 1100. The number of primary amides is 1. The van der Waals surface area contributed by atoms with Crippen molar-refractivity contribution in [3.05, 3.63) is 59.5 Å². The van der Waals surface area contributed by atoms with Gasteiger partial charge in [-0.05, 0) is 18.2 Å². The molecule has 0 aliphatic carbocycles. The SMILES string of the molecule is NC(=O)c1cnc2cc(F)c(N3CCOCC3)cc2c1Nc1ccc(F)cc1F. The molecule has 1 fully saturated rings. The van der Waals surface area contributed by atoms with Crippen molar-refractivity contribution in [1.29, 1.82) is 0 Å². The number of carbonyl (C=O) groups excluding carboxylic acids is 1. The number of anilines is 3. The maximum absolute atomic E-state index is 14.7. The van der Waals surface area contributed by atoms with Crippen molar-refractivity contribution in [2.24, 2.45) is 5.73 Å². The van der Waals surface area contributed by atoms with Gasteiger partial charge in [0.2, 0.25) is 0 Å². The minimum atomic E-state index is -0.846. The molecule has 1 aromatic heterocycles. The van der Waals surface area contributed by atoms with Crippen molar-refractivity contribution in [3.63, 3.8) is 0 Å². The van der Waals surface area contributed by atoms with Gasteiger partial charge in [0.15, 0.2) is 0 Å². The van der Waals surface area contributed by atoms with E-state index >= 15 is 0 Å². The van der Waals surface area contributed by atoms with E-state index in [4.69, 9.17) is 10.5 Å². The third-order valence-corrected chi connectivity index (χ3v) is 4.74. The summed E-state index contributed by atoms with van der Waals surface area (Å²) in [7, 11) is 0. The summed E-state index contributed by atoms with van der Waals surface area (Å²) in [5.74, 6) is -2.85. The number of carbonyl (C=O) groups is 1. The number of morpholine rings is 1. The first kappa shape index (κ1) is 19.0. The highest BCUT2D eigenvalue weighted by Crippen LogP contribution is 2.34. The van der Waals surface area contributed by atoms with Crippen LogP contribution >= 0.6 is 0 Å². The van der Waals surface area contributed by atoms with Crippen LogP contribution in [0.25, 0.3) is 10.9 Å². The lowest BCUT2D eigenvalue weighted by molar-refractivity contribution is 0.100. The van der Waals surface area contributed by atoms with Crippen LogP contribution in [-0.2, 0) is 4.74 Å². The van der Waals surface area contributed by atoms with Gasteiger partial charge in [0.25, 0.3) is 5.91 Å². The van der Waals surface area contributed by atoms with E-state index in [2.05, 4.69) is 10.3 Å². The van der Waals surface area contributed by atoms with E-state index in [0.717, 1.165) is 6.07 Å². The largest absolute Gasteiger partial charge is 0.378 e. The lowest BCUT2D eigenvalue weighted by atomic mass is 10.1. The summed E-state index contributed by atoms with van der Waals surface area (Å²) in [6.45, 7) is 1.92. The number of rotatable bonds is 4. The van der Waals surface area contributed by atoms with Crippen LogP contribution in [0.2, 0.25) is 0 Å².